The molecular formula is C14H25N5O. The first kappa shape index (κ1) is 15.2. The number of anilines is 1. The summed E-state index contributed by atoms with van der Waals surface area (Å²) in [6.07, 6.45) is 1.73. The van der Waals surface area contributed by atoms with Crippen LogP contribution in [0.1, 0.15) is 11.3 Å². The summed E-state index contributed by atoms with van der Waals surface area (Å²) >= 11 is 0. The Morgan fingerprint density at radius 2 is 1.95 bits per heavy atom. The number of aryl methyl sites for hydroxylation is 1. The summed E-state index contributed by atoms with van der Waals surface area (Å²) in [7, 11) is 4.21. The van der Waals surface area contributed by atoms with Crippen molar-refractivity contribution in [3.63, 3.8) is 0 Å². The standard InChI is InChI=1S/C14H25N5O/c1-12-13(11-20)10-15-14(16-12)19-8-6-18(7-9-19)5-4-17(2)3/h10,20H,4-9,11H2,1-3H3. The number of rotatable bonds is 5. The van der Waals surface area contributed by atoms with E-state index < -0.39 is 0 Å². The first-order chi connectivity index (χ1) is 9.60. The van der Waals surface area contributed by atoms with Gasteiger partial charge in [0.1, 0.15) is 0 Å². The lowest BCUT2D eigenvalue weighted by Crippen LogP contribution is -2.48. The maximum absolute atomic E-state index is 9.15. The molecule has 1 fully saturated rings. The van der Waals surface area contributed by atoms with E-state index in [1.54, 1.807) is 6.20 Å². The van der Waals surface area contributed by atoms with Gasteiger partial charge < -0.3 is 14.9 Å². The van der Waals surface area contributed by atoms with Crippen LogP contribution in [0.4, 0.5) is 5.95 Å². The molecule has 2 heterocycles. The molecule has 0 spiro atoms. The monoisotopic (exact) mass is 279 g/mol. The minimum Gasteiger partial charge on any atom is -0.392 e. The third kappa shape index (κ3) is 3.88. The van der Waals surface area contributed by atoms with E-state index in [2.05, 4.69) is 38.8 Å². The van der Waals surface area contributed by atoms with Gasteiger partial charge in [0.2, 0.25) is 5.95 Å². The number of hydrogen-bond acceptors (Lipinski definition) is 6. The Hall–Kier alpha value is -1.24. The first-order valence-electron chi connectivity index (χ1n) is 7.15. The van der Waals surface area contributed by atoms with Gasteiger partial charge in [-0.3, -0.25) is 4.90 Å². The topological polar surface area (TPSA) is 55.7 Å². The van der Waals surface area contributed by atoms with Crippen molar-refractivity contribution in [1.82, 2.24) is 19.8 Å². The van der Waals surface area contributed by atoms with Gasteiger partial charge in [0.15, 0.2) is 0 Å². The summed E-state index contributed by atoms with van der Waals surface area (Å²) in [5.74, 6) is 0.784. The quantitative estimate of drug-likeness (QED) is 0.816. The SMILES string of the molecule is Cc1nc(N2CCN(CCN(C)C)CC2)ncc1CO. The van der Waals surface area contributed by atoms with Crippen LogP contribution < -0.4 is 4.90 Å². The molecule has 0 amide bonds. The van der Waals surface area contributed by atoms with Crippen molar-refractivity contribution in [2.24, 2.45) is 0 Å². The van der Waals surface area contributed by atoms with Crippen molar-refractivity contribution < 1.29 is 5.11 Å². The highest BCUT2D eigenvalue weighted by Gasteiger charge is 2.19. The molecule has 1 aromatic heterocycles. The zero-order valence-corrected chi connectivity index (χ0v) is 12.7. The number of piperazine rings is 1. The van der Waals surface area contributed by atoms with E-state index in [1.165, 1.54) is 0 Å². The van der Waals surface area contributed by atoms with Gasteiger partial charge in [-0.2, -0.15) is 0 Å². The molecule has 0 atom stereocenters. The highest BCUT2D eigenvalue weighted by Crippen LogP contribution is 2.13. The lowest BCUT2D eigenvalue weighted by Gasteiger charge is -2.35. The molecule has 0 aromatic carbocycles. The highest BCUT2D eigenvalue weighted by atomic mass is 16.3. The molecule has 0 aliphatic carbocycles. The molecule has 1 N–H and O–H groups in total. The van der Waals surface area contributed by atoms with Crippen LogP contribution in [0, 0.1) is 6.92 Å². The molecule has 6 nitrogen and oxygen atoms in total. The predicted molar refractivity (Wildman–Crippen MR) is 79.9 cm³/mol. The van der Waals surface area contributed by atoms with Gasteiger partial charge in [-0.25, -0.2) is 9.97 Å². The molecule has 0 bridgehead atoms. The van der Waals surface area contributed by atoms with Gasteiger partial charge in [-0.15, -0.1) is 0 Å². The molecule has 112 valence electrons. The summed E-state index contributed by atoms with van der Waals surface area (Å²) < 4.78 is 0. The highest BCUT2D eigenvalue weighted by molar-refractivity contribution is 5.33. The molecule has 1 aliphatic heterocycles. The minimum absolute atomic E-state index is 0.00439. The fourth-order valence-electron chi connectivity index (χ4n) is 2.30. The van der Waals surface area contributed by atoms with Crippen LogP contribution in [-0.2, 0) is 6.61 Å². The lowest BCUT2D eigenvalue weighted by molar-refractivity contribution is 0.228. The van der Waals surface area contributed by atoms with Crippen molar-refractivity contribution >= 4 is 5.95 Å². The molecule has 0 unspecified atom stereocenters. The van der Waals surface area contributed by atoms with Gasteiger partial charge in [-0.05, 0) is 21.0 Å². The maximum atomic E-state index is 9.15. The van der Waals surface area contributed by atoms with E-state index in [0.29, 0.717) is 0 Å². The molecule has 0 radical (unpaired) electrons. The first-order valence-corrected chi connectivity index (χ1v) is 7.15. The van der Waals surface area contributed by atoms with Gasteiger partial charge in [0, 0.05) is 56.7 Å². The summed E-state index contributed by atoms with van der Waals surface area (Å²) in [6, 6.07) is 0. The molecule has 20 heavy (non-hydrogen) atoms. The average Bonchev–Trinajstić information content (AvgIpc) is 2.45. The summed E-state index contributed by atoms with van der Waals surface area (Å²) in [4.78, 5) is 15.8. The molecular weight excluding hydrogens is 254 g/mol. The second kappa shape index (κ2) is 6.97. The largest absolute Gasteiger partial charge is 0.392 e. The summed E-state index contributed by atoms with van der Waals surface area (Å²) in [6.45, 7) is 8.17. The number of likely N-dealkylation sites (N-methyl/N-ethyl adjacent to an activating group) is 1. The van der Waals surface area contributed by atoms with Gasteiger partial charge in [0.25, 0.3) is 0 Å². The van der Waals surface area contributed by atoms with Crippen LogP contribution in [0.15, 0.2) is 6.20 Å². The number of nitrogens with zero attached hydrogens (tertiary/aromatic N) is 5. The summed E-state index contributed by atoms with van der Waals surface area (Å²) in [5.41, 5.74) is 1.67. The van der Waals surface area contributed by atoms with E-state index in [9.17, 15) is 0 Å². The lowest BCUT2D eigenvalue weighted by atomic mass is 10.2. The van der Waals surface area contributed by atoms with Gasteiger partial charge >= 0.3 is 0 Å². The molecule has 1 saturated heterocycles. The second-order valence-electron chi connectivity index (χ2n) is 5.57. The third-order valence-electron chi connectivity index (χ3n) is 3.76. The molecule has 1 aliphatic rings. The summed E-state index contributed by atoms with van der Waals surface area (Å²) in [5, 5.41) is 9.15. The third-order valence-corrected chi connectivity index (χ3v) is 3.76. The number of aliphatic hydroxyl groups excluding tert-OH is 1. The van der Waals surface area contributed by atoms with Crippen molar-refractivity contribution in [3.8, 4) is 0 Å². The number of aliphatic hydroxyl groups is 1. The van der Waals surface area contributed by atoms with E-state index in [-0.39, 0.29) is 6.61 Å². The smallest absolute Gasteiger partial charge is 0.225 e. The fourth-order valence-corrected chi connectivity index (χ4v) is 2.30. The van der Waals surface area contributed by atoms with Crippen molar-refractivity contribution in [3.05, 3.63) is 17.5 Å². The Kier molecular flexibility index (Phi) is 5.28. The van der Waals surface area contributed by atoms with Crippen molar-refractivity contribution in [1.29, 1.82) is 0 Å². The van der Waals surface area contributed by atoms with Crippen molar-refractivity contribution in [2.75, 3.05) is 58.3 Å². The van der Waals surface area contributed by atoms with E-state index in [1.807, 2.05) is 6.92 Å². The number of hydrogen-bond donors (Lipinski definition) is 1. The minimum atomic E-state index is 0.00439. The molecule has 0 saturated carbocycles. The van der Waals surface area contributed by atoms with Gasteiger partial charge in [-0.1, -0.05) is 0 Å². The van der Waals surface area contributed by atoms with Crippen LogP contribution >= 0.6 is 0 Å². The Bertz CT molecular complexity index is 430. The zero-order valence-electron chi connectivity index (χ0n) is 12.7. The fraction of sp³-hybridized carbons (Fsp3) is 0.714. The Labute approximate surface area is 121 Å². The molecule has 2 rings (SSSR count). The van der Waals surface area contributed by atoms with Crippen LogP contribution in [-0.4, -0.2) is 78.2 Å². The normalized spacial score (nSPS) is 16.9. The van der Waals surface area contributed by atoms with Crippen LogP contribution in [0.25, 0.3) is 0 Å². The maximum Gasteiger partial charge on any atom is 0.225 e. The van der Waals surface area contributed by atoms with Crippen LogP contribution in [0.3, 0.4) is 0 Å². The molecule has 1 aromatic rings. The van der Waals surface area contributed by atoms with E-state index in [0.717, 1.165) is 56.5 Å². The second-order valence-corrected chi connectivity index (χ2v) is 5.57. The Morgan fingerprint density at radius 1 is 1.25 bits per heavy atom. The van der Waals surface area contributed by atoms with Crippen molar-refractivity contribution in [2.45, 2.75) is 13.5 Å². The van der Waals surface area contributed by atoms with Crippen LogP contribution in [0.5, 0.6) is 0 Å². The van der Waals surface area contributed by atoms with E-state index in [4.69, 9.17) is 5.11 Å². The van der Waals surface area contributed by atoms with Crippen LogP contribution in [0.2, 0.25) is 0 Å². The predicted octanol–water partition coefficient (Wildman–Crippen LogP) is -0.0391. The Morgan fingerprint density at radius 3 is 2.50 bits per heavy atom. The zero-order chi connectivity index (χ0) is 14.5. The Balaban J connectivity index is 1.88. The average molecular weight is 279 g/mol. The molecule has 6 heteroatoms. The van der Waals surface area contributed by atoms with Gasteiger partial charge in [0.05, 0.1) is 6.61 Å². The number of aromatic nitrogens is 2. The van der Waals surface area contributed by atoms with E-state index >= 15 is 0 Å².